The topological polar surface area (TPSA) is 54.3 Å². The van der Waals surface area contributed by atoms with Crippen molar-refractivity contribution in [2.75, 3.05) is 4.90 Å². The van der Waals surface area contributed by atoms with E-state index in [2.05, 4.69) is 5.32 Å². The lowest BCUT2D eigenvalue weighted by Crippen LogP contribution is -2.54. The van der Waals surface area contributed by atoms with Crippen molar-refractivity contribution in [1.82, 2.24) is 9.88 Å². The van der Waals surface area contributed by atoms with E-state index in [4.69, 9.17) is 12.2 Å². The molecule has 1 aromatic heterocycles. The average molecular weight is 484 g/mol. The molecule has 5 rings (SSSR count). The van der Waals surface area contributed by atoms with E-state index in [0.29, 0.717) is 17.8 Å². The minimum absolute atomic E-state index is 0.0121. The normalized spacial score (nSPS) is 15.2. The summed E-state index contributed by atoms with van der Waals surface area (Å²) >= 11 is 5.33. The second kappa shape index (κ2) is 8.92. The number of benzene rings is 3. The van der Waals surface area contributed by atoms with E-state index >= 15 is 0 Å². The van der Waals surface area contributed by atoms with Gasteiger partial charge < -0.3 is 4.57 Å². The van der Waals surface area contributed by atoms with Gasteiger partial charge in [0.25, 0.3) is 11.8 Å². The molecule has 3 aromatic carbocycles. The highest BCUT2D eigenvalue weighted by Crippen LogP contribution is 2.28. The number of fused-ring (bicyclic) bond motifs is 1. The van der Waals surface area contributed by atoms with Crippen LogP contribution >= 0.6 is 12.2 Å². The molecule has 0 radical (unpaired) electrons. The van der Waals surface area contributed by atoms with E-state index < -0.39 is 11.8 Å². The van der Waals surface area contributed by atoms with Gasteiger partial charge in [0.15, 0.2) is 5.11 Å². The van der Waals surface area contributed by atoms with Crippen LogP contribution in [0.4, 0.5) is 10.1 Å². The predicted octanol–water partition coefficient (Wildman–Crippen LogP) is 5.28. The maximum Gasteiger partial charge on any atom is 0.270 e. The van der Waals surface area contributed by atoms with Gasteiger partial charge in [-0.25, -0.2) is 4.39 Å². The van der Waals surface area contributed by atoms with Gasteiger partial charge in [0.1, 0.15) is 11.4 Å². The molecule has 174 valence electrons. The Kier molecular flexibility index (Phi) is 5.78. The van der Waals surface area contributed by atoms with Gasteiger partial charge in [-0.15, -0.1) is 0 Å². The van der Waals surface area contributed by atoms with E-state index in [0.717, 1.165) is 27.6 Å². The highest BCUT2D eigenvalue weighted by Gasteiger charge is 2.35. The lowest BCUT2D eigenvalue weighted by molar-refractivity contribution is -0.122. The number of carbonyl (C=O) groups excluding carboxylic acids is 2. The molecule has 4 aromatic rings. The quantitative estimate of drug-likeness (QED) is 0.244. The zero-order valence-corrected chi connectivity index (χ0v) is 20.0. The summed E-state index contributed by atoms with van der Waals surface area (Å²) in [4.78, 5) is 27.5. The number of carbonyl (C=O) groups is 2. The largest absolute Gasteiger partial charge is 0.343 e. The fraction of sp³-hybridized carbons (Fsp3) is 0.107. The Hall–Kier alpha value is -4.10. The number of nitrogens with one attached hydrogen (secondary N) is 1. The molecule has 0 aliphatic carbocycles. The summed E-state index contributed by atoms with van der Waals surface area (Å²) in [6.45, 7) is 4.41. The Bertz CT molecular complexity index is 1550. The molecule has 5 nitrogen and oxygen atoms in total. The SMILES string of the molecule is Cc1cccc(N2C(=O)/C(=C\c3ccc4c(ccn4Cc4cccc(F)c4)c3)C(=O)NC2=S)c1C. The van der Waals surface area contributed by atoms with Gasteiger partial charge >= 0.3 is 0 Å². The summed E-state index contributed by atoms with van der Waals surface area (Å²) in [5.74, 6) is -1.25. The third kappa shape index (κ3) is 4.26. The summed E-state index contributed by atoms with van der Waals surface area (Å²) in [6.07, 6.45) is 3.52. The molecule has 1 saturated heterocycles. The lowest BCUT2D eigenvalue weighted by Gasteiger charge is -2.30. The van der Waals surface area contributed by atoms with Crippen molar-refractivity contribution in [3.63, 3.8) is 0 Å². The van der Waals surface area contributed by atoms with Crippen molar-refractivity contribution in [3.8, 4) is 0 Å². The number of aryl methyl sites for hydroxylation is 1. The maximum absolute atomic E-state index is 13.6. The Morgan fingerprint density at radius 3 is 2.60 bits per heavy atom. The average Bonchev–Trinajstić information content (AvgIpc) is 3.21. The van der Waals surface area contributed by atoms with Gasteiger partial charge in [-0.05, 0) is 90.8 Å². The van der Waals surface area contributed by atoms with Crippen molar-refractivity contribution in [2.24, 2.45) is 0 Å². The lowest BCUT2D eigenvalue weighted by atomic mass is 10.0. The second-order valence-corrected chi connectivity index (χ2v) is 8.96. The van der Waals surface area contributed by atoms with Crippen LogP contribution in [-0.2, 0) is 16.1 Å². The molecule has 1 N–H and O–H groups in total. The fourth-order valence-corrected chi connectivity index (χ4v) is 4.57. The maximum atomic E-state index is 13.6. The van der Waals surface area contributed by atoms with Crippen LogP contribution in [0.5, 0.6) is 0 Å². The van der Waals surface area contributed by atoms with Crippen molar-refractivity contribution >= 4 is 51.8 Å². The first-order chi connectivity index (χ1) is 16.8. The molecule has 2 amide bonds. The van der Waals surface area contributed by atoms with Crippen LogP contribution in [0, 0.1) is 19.7 Å². The smallest absolute Gasteiger partial charge is 0.270 e. The molecular formula is C28H22FN3O2S. The van der Waals surface area contributed by atoms with Crippen LogP contribution in [0.1, 0.15) is 22.3 Å². The first-order valence-corrected chi connectivity index (χ1v) is 11.5. The van der Waals surface area contributed by atoms with Crippen molar-refractivity contribution in [3.05, 3.63) is 107 Å². The number of anilines is 1. The number of rotatable bonds is 4. The molecule has 1 fully saturated rings. The van der Waals surface area contributed by atoms with E-state index in [1.807, 2.05) is 73.1 Å². The Labute approximate surface area is 207 Å². The fourth-order valence-electron chi connectivity index (χ4n) is 4.30. The number of hydrogen-bond acceptors (Lipinski definition) is 3. The number of thiocarbonyl (C=S) groups is 1. The molecule has 0 unspecified atom stereocenters. The summed E-state index contributed by atoms with van der Waals surface area (Å²) in [5, 5.41) is 3.65. The van der Waals surface area contributed by atoms with Gasteiger partial charge in [-0.2, -0.15) is 0 Å². The number of nitrogens with zero attached hydrogens (tertiary/aromatic N) is 2. The Morgan fingerprint density at radius 1 is 1.00 bits per heavy atom. The van der Waals surface area contributed by atoms with Crippen LogP contribution in [0.3, 0.4) is 0 Å². The number of hydrogen-bond donors (Lipinski definition) is 1. The monoisotopic (exact) mass is 483 g/mol. The zero-order chi connectivity index (χ0) is 24.7. The van der Waals surface area contributed by atoms with Gasteiger partial charge in [0, 0.05) is 23.6 Å². The second-order valence-electron chi connectivity index (χ2n) is 8.57. The third-order valence-corrected chi connectivity index (χ3v) is 6.55. The molecule has 0 saturated carbocycles. The molecule has 2 heterocycles. The van der Waals surface area contributed by atoms with E-state index in [1.54, 1.807) is 12.1 Å². The predicted molar refractivity (Wildman–Crippen MR) is 140 cm³/mol. The van der Waals surface area contributed by atoms with E-state index in [9.17, 15) is 14.0 Å². The summed E-state index contributed by atoms with van der Waals surface area (Å²) < 4.78 is 15.6. The van der Waals surface area contributed by atoms with Crippen molar-refractivity contribution in [2.45, 2.75) is 20.4 Å². The molecule has 35 heavy (non-hydrogen) atoms. The Balaban J connectivity index is 1.48. The zero-order valence-electron chi connectivity index (χ0n) is 19.2. The van der Waals surface area contributed by atoms with Gasteiger partial charge in [-0.3, -0.25) is 19.8 Å². The third-order valence-electron chi connectivity index (χ3n) is 6.27. The minimum atomic E-state index is -0.523. The summed E-state index contributed by atoms with van der Waals surface area (Å²) in [5.41, 5.74) is 5.14. The number of amides is 2. The molecule has 1 aliphatic heterocycles. The Morgan fingerprint density at radius 2 is 1.80 bits per heavy atom. The summed E-state index contributed by atoms with van der Waals surface area (Å²) in [7, 11) is 0. The van der Waals surface area contributed by atoms with Gasteiger partial charge in [0.05, 0.1) is 5.69 Å². The standard InChI is InChI=1S/C28H22FN3O2S/c1-17-5-3-8-24(18(17)2)32-27(34)23(26(33)30-28(32)35)15-19-9-10-25-21(13-19)11-12-31(25)16-20-6-4-7-22(29)14-20/h3-15H,16H2,1-2H3,(H,30,33,35)/b23-15-. The molecule has 0 spiro atoms. The first kappa shape index (κ1) is 22.7. The van der Waals surface area contributed by atoms with E-state index in [-0.39, 0.29) is 16.5 Å². The van der Waals surface area contributed by atoms with E-state index in [1.165, 1.54) is 17.0 Å². The molecule has 0 atom stereocenters. The minimum Gasteiger partial charge on any atom is -0.343 e. The molecule has 0 bridgehead atoms. The molecular weight excluding hydrogens is 461 g/mol. The van der Waals surface area contributed by atoms with Crippen LogP contribution in [0.25, 0.3) is 17.0 Å². The highest BCUT2D eigenvalue weighted by molar-refractivity contribution is 7.80. The summed E-state index contributed by atoms with van der Waals surface area (Å²) in [6, 6.07) is 19.8. The van der Waals surface area contributed by atoms with Crippen LogP contribution < -0.4 is 10.2 Å². The van der Waals surface area contributed by atoms with Gasteiger partial charge in [0.2, 0.25) is 0 Å². The van der Waals surface area contributed by atoms with Crippen LogP contribution in [0.2, 0.25) is 0 Å². The van der Waals surface area contributed by atoms with Crippen LogP contribution in [0.15, 0.2) is 78.5 Å². The molecule has 1 aliphatic rings. The van der Waals surface area contributed by atoms with Crippen LogP contribution in [-0.4, -0.2) is 21.5 Å². The van der Waals surface area contributed by atoms with Crippen molar-refractivity contribution in [1.29, 1.82) is 0 Å². The van der Waals surface area contributed by atoms with Gasteiger partial charge in [-0.1, -0.05) is 30.3 Å². The first-order valence-electron chi connectivity index (χ1n) is 11.1. The number of halogens is 1. The van der Waals surface area contributed by atoms with Crippen molar-refractivity contribution < 1.29 is 14.0 Å². The number of aromatic nitrogens is 1. The highest BCUT2D eigenvalue weighted by atomic mass is 32.1. The molecule has 7 heteroatoms.